The van der Waals surface area contributed by atoms with Crippen LogP contribution in [0.3, 0.4) is 0 Å². The molecule has 1 fully saturated rings. The molecule has 9 nitrogen and oxygen atoms in total. The minimum Gasteiger partial charge on any atom is -0.497 e. The number of halogens is 3. The van der Waals surface area contributed by atoms with Crippen LogP contribution in [0, 0.1) is 16.0 Å². The zero-order valence-electron chi connectivity index (χ0n) is 19.4. The Labute approximate surface area is 204 Å². The highest BCUT2D eigenvalue weighted by Crippen LogP contribution is 2.42. The fourth-order valence-corrected chi connectivity index (χ4v) is 3.63. The van der Waals surface area contributed by atoms with Gasteiger partial charge < -0.3 is 14.8 Å². The highest BCUT2D eigenvalue weighted by Gasteiger charge is 2.38. The number of carbonyl (C=O) groups excluding carboxylic acids is 1. The van der Waals surface area contributed by atoms with Gasteiger partial charge in [0.1, 0.15) is 17.2 Å². The van der Waals surface area contributed by atoms with Gasteiger partial charge in [0.2, 0.25) is 5.91 Å². The highest BCUT2D eigenvalue weighted by molar-refractivity contribution is 5.92. The summed E-state index contributed by atoms with van der Waals surface area (Å²) in [6.45, 7) is 1.48. The number of amides is 1. The first-order valence-corrected chi connectivity index (χ1v) is 11.1. The lowest BCUT2D eigenvalue weighted by Crippen LogP contribution is -2.25. The molecule has 1 saturated carbocycles. The number of aromatic nitrogens is 2. The van der Waals surface area contributed by atoms with E-state index in [4.69, 9.17) is 9.47 Å². The van der Waals surface area contributed by atoms with Gasteiger partial charge in [-0.05, 0) is 43.2 Å². The molecule has 0 spiro atoms. The van der Waals surface area contributed by atoms with Crippen LogP contribution in [-0.2, 0) is 17.5 Å². The van der Waals surface area contributed by atoms with Gasteiger partial charge in [-0.3, -0.25) is 19.6 Å². The Hall–Kier alpha value is -4.09. The standard InChI is InChI=1S/C24H23F3N4O5/c1-14(13-30-21(15-3-4-15)12-22(29-30)24(25,26)27)23(32)28-16-9-17(31(33)34)11-20(10-16)36-19-7-5-18(35-2)6-8-19/h5-12,14-15H,3-4,13H2,1-2H3,(H,28,32). The number of nitrogens with one attached hydrogen (secondary N) is 1. The second-order valence-corrected chi connectivity index (χ2v) is 8.55. The molecule has 0 radical (unpaired) electrons. The number of hydrogen-bond acceptors (Lipinski definition) is 6. The van der Waals surface area contributed by atoms with Crippen LogP contribution >= 0.6 is 0 Å². The Morgan fingerprint density at radius 3 is 2.42 bits per heavy atom. The summed E-state index contributed by atoms with van der Waals surface area (Å²) in [5, 5.41) is 17.7. The molecule has 2 aromatic carbocycles. The fraction of sp³-hybridized carbons (Fsp3) is 0.333. The number of alkyl halides is 3. The summed E-state index contributed by atoms with van der Waals surface area (Å²) < 4.78 is 51.5. The van der Waals surface area contributed by atoms with Crippen LogP contribution in [0.25, 0.3) is 0 Å². The second-order valence-electron chi connectivity index (χ2n) is 8.55. The van der Waals surface area contributed by atoms with Crippen molar-refractivity contribution < 1.29 is 32.4 Å². The van der Waals surface area contributed by atoms with Crippen molar-refractivity contribution in [1.29, 1.82) is 0 Å². The molecule has 1 unspecified atom stereocenters. The lowest BCUT2D eigenvalue weighted by atomic mass is 10.1. The molecule has 0 aliphatic heterocycles. The van der Waals surface area contributed by atoms with E-state index in [-0.39, 0.29) is 29.6 Å². The minimum absolute atomic E-state index is 0.00158. The monoisotopic (exact) mass is 504 g/mol. The van der Waals surface area contributed by atoms with E-state index in [1.54, 1.807) is 31.2 Å². The van der Waals surface area contributed by atoms with Gasteiger partial charge in [-0.15, -0.1) is 0 Å². The SMILES string of the molecule is COc1ccc(Oc2cc(NC(=O)C(C)Cn3nc(C(F)(F)F)cc3C3CC3)cc([N+](=O)[O-])c2)cc1. The van der Waals surface area contributed by atoms with Crippen LogP contribution in [0.4, 0.5) is 24.5 Å². The maximum Gasteiger partial charge on any atom is 0.435 e. The molecule has 0 saturated heterocycles. The third-order valence-corrected chi connectivity index (χ3v) is 5.66. The zero-order chi connectivity index (χ0) is 26.0. The molecule has 3 aromatic rings. The molecular formula is C24H23F3N4O5. The first-order valence-electron chi connectivity index (χ1n) is 11.1. The first kappa shape index (κ1) is 25.0. The maximum atomic E-state index is 13.2. The Kier molecular flexibility index (Phi) is 6.86. The van der Waals surface area contributed by atoms with E-state index in [1.807, 2.05) is 0 Å². The van der Waals surface area contributed by atoms with Crippen molar-refractivity contribution in [1.82, 2.24) is 9.78 Å². The summed E-state index contributed by atoms with van der Waals surface area (Å²) in [5.74, 6) is -0.180. The molecule has 0 bridgehead atoms. The van der Waals surface area contributed by atoms with Crippen molar-refractivity contribution in [2.75, 3.05) is 12.4 Å². The van der Waals surface area contributed by atoms with Crippen LogP contribution in [0.15, 0.2) is 48.5 Å². The van der Waals surface area contributed by atoms with Crippen molar-refractivity contribution in [3.8, 4) is 17.2 Å². The fourth-order valence-electron chi connectivity index (χ4n) is 3.63. The molecule has 190 valence electrons. The second kappa shape index (κ2) is 9.88. The van der Waals surface area contributed by atoms with Gasteiger partial charge in [-0.1, -0.05) is 6.92 Å². The molecule has 1 atom stereocenters. The molecule has 1 N–H and O–H groups in total. The van der Waals surface area contributed by atoms with Crippen molar-refractivity contribution in [2.24, 2.45) is 5.92 Å². The number of methoxy groups -OCH3 is 1. The zero-order valence-corrected chi connectivity index (χ0v) is 19.4. The predicted octanol–water partition coefficient (Wildman–Crippen LogP) is 5.76. The Morgan fingerprint density at radius 1 is 1.17 bits per heavy atom. The average molecular weight is 504 g/mol. The van der Waals surface area contributed by atoms with E-state index < -0.39 is 28.6 Å². The molecular weight excluding hydrogens is 481 g/mol. The molecule has 1 heterocycles. The quantitative estimate of drug-likeness (QED) is 0.293. The summed E-state index contributed by atoms with van der Waals surface area (Å²) in [6.07, 6.45) is -3.04. The van der Waals surface area contributed by atoms with E-state index in [0.29, 0.717) is 17.2 Å². The molecule has 1 aliphatic rings. The first-order chi connectivity index (χ1) is 17.0. The van der Waals surface area contributed by atoms with Gasteiger partial charge in [-0.25, -0.2) is 0 Å². The van der Waals surface area contributed by atoms with Crippen molar-refractivity contribution >= 4 is 17.3 Å². The summed E-state index contributed by atoms with van der Waals surface area (Å²) in [5.41, 5.74) is -0.728. The summed E-state index contributed by atoms with van der Waals surface area (Å²) >= 11 is 0. The van der Waals surface area contributed by atoms with Crippen LogP contribution in [0.5, 0.6) is 17.2 Å². The van der Waals surface area contributed by atoms with Gasteiger partial charge in [-0.2, -0.15) is 18.3 Å². The lowest BCUT2D eigenvalue weighted by Gasteiger charge is -2.15. The smallest absolute Gasteiger partial charge is 0.435 e. The molecule has 12 heteroatoms. The molecule has 4 rings (SSSR count). The minimum atomic E-state index is -4.58. The number of carbonyl (C=O) groups is 1. The number of hydrogen-bond donors (Lipinski definition) is 1. The van der Waals surface area contributed by atoms with Gasteiger partial charge in [0.15, 0.2) is 5.69 Å². The number of anilines is 1. The number of ether oxygens (including phenoxy) is 2. The Balaban J connectivity index is 1.50. The van der Waals surface area contributed by atoms with E-state index in [1.165, 1.54) is 30.0 Å². The molecule has 1 aliphatic carbocycles. The van der Waals surface area contributed by atoms with Crippen molar-refractivity contribution in [3.63, 3.8) is 0 Å². The number of nitrogens with zero attached hydrogens (tertiary/aromatic N) is 3. The third-order valence-electron chi connectivity index (χ3n) is 5.66. The predicted molar refractivity (Wildman–Crippen MR) is 123 cm³/mol. The number of non-ortho nitro benzene ring substituents is 1. The van der Waals surface area contributed by atoms with Crippen LogP contribution in [0.1, 0.15) is 37.1 Å². The van der Waals surface area contributed by atoms with Gasteiger partial charge in [0.25, 0.3) is 5.69 Å². The van der Waals surface area contributed by atoms with Crippen LogP contribution < -0.4 is 14.8 Å². The van der Waals surface area contributed by atoms with E-state index in [2.05, 4.69) is 10.4 Å². The maximum absolute atomic E-state index is 13.2. The van der Waals surface area contributed by atoms with Crippen LogP contribution in [-0.4, -0.2) is 27.7 Å². The average Bonchev–Trinajstić information content (AvgIpc) is 3.58. The number of benzene rings is 2. The van der Waals surface area contributed by atoms with E-state index in [0.717, 1.165) is 18.9 Å². The number of rotatable bonds is 9. The highest BCUT2D eigenvalue weighted by atomic mass is 19.4. The Morgan fingerprint density at radius 2 is 1.83 bits per heavy atom. The normalized spacial score (nSPS) is 14.2. The number of nitro groups is 1. The molecule has 1 aromatic heterocycles. The summed E-state index contributed by atoms with van der Waals surface area (Å²) in [6, 6.07) is 11.4. The van der Waals surface area contributed by atoms with Crippen molar-refractivity contribution in [2.45, 2.75) is 38.4 Å². The third kappa shape index (κ3) is 5.93. The summed E-state index contributed by atoms with van der Waals surface area (Å²) in [4.78, 5) is 23.6. The molecule has 36 heavy (non-hydrogen) atoms. The van der Waals surface area contributed by atoms with E-state index >= 15 is 0 Å². The topological polar surface area (TPSA) is 109 Å². The van der Waals surface area contributed by atoms with Gasteiger partial charge in [0.05, 0.1) is 36.2 Å². The van der Waals surface area contributed by atoms with Crippen LogP contribution in [0.2, 0.25) is 0 Å². The summed E-state index contributed by atoms with van der Waals surface area (Å²) in [7, 11) is 1.51. The molecule has 1 amide bonds. The van der Waals surface area contributed by atoms with Gasteiger partial charge in [0, 0.05) is 23.7 Å². The number of nitro benzene ring substituents is 1. The van der Waals surface area contributed by atoms with Crippen molar-refractivity contribution in [3.05, 3.63) is 70.0 Å². The van der Waals surface area contributed by atoms with E-state index in [9.17, 15) is 28.1 Å². The Bertz CT molecular complexity index is 1270. The van der Waals surface area contributed by atoms with Gasteiger partial charge >= 0.3 is 6.18 Å². The largest absolute Gasteiger partial charge is 0.497 e. The lowest BCUT2D eigenvalue weighted by molar-refractivity contribution is -0.384.